The lowest BCUT2D eigenvalue weighted by atomic mass is 10.1. The number of aliphatic carboxylic acids is 1. The monoisotopic (exact) mass is 326 g/mol. The third-order valence-electron chi connectivity index (χ3n) is 3.50. The Bertz CT molecular complexity index is 410. The van der Waals surface area contributed by atoms with Gasteiger partial charge in [0.25, 0.3) is 0 Å². The molecule has 0 radical (unpaired) electrons. The number of allylic oxidation sites excluding steroid dienone is 2. The molecule has 0 atom stereocenters. The van der Waals surface area contributed by atoms with Gasteiger partial charge in [0.2, 0.25) is 0 Å². The number of carbonyl (C=O) groups is 2. The van der Waals surface area contributed by atoms with Crippen molar-refractivity contribution in [2.45, 2.75) is 65.2 Å². The molecular formula is C18H30O5. The van der Waals surface area contributed by atoms with Gasteiger partial charge in [0, 0.05) is 17.8 Å². The first-order valence-corrected chi connectivity index (χ1v) is 8.33. The largest absolute Gasteiger partial charge is 0.478 e. The van der Waals surface area contributed by atoms with Gasteiger partial charge in [-0.2, -0.15) is 0 Å². The number of unbranched alkanes of at least 4 members (excludes halogenated alkanes) is 6. The number of aliphatic hydroxyl groups is 1. The summed E-state index contributed by atoms with van der Waals surface area (Å²) >= 11 is 0. The topological polar surface area (TPSA) is 83.8 Å². The molecule has 5 heteroatoms. The molecule has 0 fully saturated rings. The van der Waals surface area contributed by atoms with Crippen LogP contribution in [0.5, 0.6) is 0 Å². The Labute approximate surface area is 139 Å². The fourth-order valence-electron chi connectivity index (χ4n) is 1.94. The smallest absolute Gasteiger partial charge is 0.333 e. The predicted molar refractivity (Wildman–Crippen MR) is 90.1 cm³/mol. The van der Waals surface area contributed by atoms with Gasteiger partial charge in [-0.25, -0.2) is 9.59 Å². The van der Waals surface area contributed by atoms with Gasteiger partial charge >= 0.3 is 11.9 Å². The van der Waals surface area contributed by atoms with Gasteiger partial charge in [-0.05, 0) is 52.4 Å². The van der Waals surface area contributed by atoms with Crippen LogP contribution in [0.3, 0.4) is 0 Å². The number of aliphatic hydroxyl groups excluding tert-OH is 1. The van der Waals surface area contributed by atoms with E-state index in [1.807, 2.05) is 6.08 Å². The molecule has 0 heterocycles. The van der Waals surface area contributed by atoms with Crippen molar-refractivity contribution >= 4 is 11.9 Å². The highest BCUT2D eigenvalue weighted by molar-refractivity contribution is 5.87. The average Bonchev–Trinajstić information content (AvgIpc) is 2.53. The first kappa shape index (κ1) is 21.4. The summed E-state index contributed by atoms with van der Waals surface area (Å²) in [5.41, 5.74) is 1.01. The molecule has 2 N–H and O–H groups in total. The van der Waals surface area contributed by atoms with Crippen molar-refractivity contribution in [1.29, 1.82) is 0 Å². The first-order chi connectivity index (χ1) is 11.0. The summed E-state index contributed by atoms with van der Waals surface area (Å²) in [6, 6.07) is 0. The van der Waals surface area contributed by atoms with Crippen molar-refractivity contribution in [3.8, 4) is 0 Å². The van der Waals surface area contributed by atoms with E-state index < -0.39 is 5.97 Å². The van der Waals surface area contributed by atoms with Crippen LogP contribution in [0.2, 0.25) is 0 Å². The summed E-state index contributed by atoms with van der Waals surface area (Å²) in [4.78, 5) is 22.3. The van der Waals surface area contributed by atoms with Crippen LogP contribution in [0.1, 0.15) is 65.2 Å². The molecule has 0 aromatic carbocycles. The Kier molecular flexibility index (Phi) is 13.0. The van der Waals surface area contributed by atoms with Gasteiger partial charge in [-0.1, -0.05) is 25.0 Å². The number of ether oxygens (including phenoxy) is 1. The van der Waals surface area contributed by atoms with Crippen LogP contribution < -0.4 is 0 Å². The lowest BCUT2D eigenvalue weighted by Crippen LogP contribution is -2.07. The van der Waals surface area contributed by atoms with Gasteiger partial charge in [0.15, 0.2) is 0 Å². The van der Waals surface area contributed by atoms with E-state index in [0.29, 0.717) is 17.8 Å². The zero-order valence-electron chi connectivity index (χ0n) is 14.3. The van der Waals surface area contributed by atoms with Gasteiger partial charge in [-0.15, -0.1) is 0 Å². The molecule has 0 saturated heterocycles. The Morgan fingerprint density at radius 3 is 2.04 bits per heavy atom. The Hall–Kier alpha value is -1.62. The number of hydrogen-bond acceptors (Lipinski definition) is 4. The number of carboxylic acid groups (broad SMARTS) is 1. The standard InChI is InChI=1S/C18H30O5/c1-15(17(20)21)11-7-4-3-5-10-14-23-18(22)16(2)12-8-6-9-13-19/h11-12,19H,3-10,13-14H2,1-2H3,(H,20,21). The van der Waals surface area contributed by atoms with E-state index in [4.69, 9.17) is 14.9 Å². The minimum absolute atomic E-state index is 0.184. The van der Waals surface area contributed by atoms with E-state index in [1.54, 1.807) is 19.9 Å². The zero-order chi connectivity index (χ0) is 17.5. The summed E-state index contributed by atoms with van der Waals surface area (Å²) in [6.45, 7) is 3.95. The lowest BCUT2D eigenvalue weighted by molar-refractivity contribution is -0.139. The molecule has 0 aliphatic rings. The second-order valence-corrected chi connectivity index (χ2v) is 5.64. The number of hydrogen-bond donors (Lipinski definition) is 2. The van der Waals surface area contributed by atoms with Crippen LogP contribution in [-0.4, -0.2) is 35.4 Å². The van der Waals surface area contributed by atoms with Crippen LogP contribution >= 0.6 is 0 Å². The SMILES string of the molecule is CC(=CCCCCCCOC(=O)C(C)=CCCCCO)C(=O)O. The van der Waals surface area contributed by atoms with E-state index in [0.717, 1.165) is 51.4 Å². The van der Waals surface area contributed by atoms with Crippen molar-refractivity contribution < 1.29 is 24.5 Å². The number of carboxylic acids is 1. The number of rotatable bonds is 13. The van der Waals surface area contributed by atoms with Crippen molar-refractivity contribution in [1.82, 2.24) is 0 Å². The fraction of sp³-hybridized carbons (Fsp3) is 0.667. The maximum Gasteiger partial charge on any atom is 0.333 e. The van der Waals surface area contributed by atoms with Gasteiger partial charge < -0.3 is 14.9 Å². The van der Waals surface area contributed by atoms with E-state index >= 15 is 0 Å². The molecule has 0 aliphatic heterocycles. The first-order valence-electron chi connectivity index (χ1n) is 8.33. The highest BCUT2D eigenvalue weighted by Crippen LogP contribution is 2.07. The summed E-state index contributed by atoms with van der Waals surface area (Å²) < 4.78 is 5.19. The van der Waals surface area contributed by atoms with Crippen LogP contribution in [0.25, 0.3) is 0 Å². The molecule has 132 valence electrons. The summed E-state index contributed by atoms with van der Waals surface area (Å²) in [5, 5.41) is 17.4. The number of esters is 1. The van der Waals surface area contributed by atoms with Crippen LogP contribution in [0, 0.1) is 0 Å². The number of carbonyl (C=O) groups excluding carboxylic acids is 1. The maximum atomic E-state index is 11.7. The lowest BCUT2D eigenvalue weighted by Gasteiger charge is -2.05. The third kappa shape index (κ3) is 12.6. The molecule has 0 bridgehead atoms. The Balaban J connectivity index is 3.62. The summed E-state index contributed by atoms with van der Waals surface area (Å²) in [7, 11) is 0. The fourth-order valence-corrected chi connectivity index (χ4v) is 1.94. The van der Waals surface area contributed by atoms with Gasteiger partial charge in [0.05, 0.1) is 6.61 Å². The third-order valence-corrected chi connectivity index (χ3v) is 3.50. The van der Waals surface area contributed by atoms with E-state index in [2.05, 4.69) is 0 Å². The van der Waals surface area contributed by atoms with Crippen molar-refractivity contribution in [3.05, 3.63) is 23.3 Å². The molecule has 5 nitrogen and oxygen atoms in total. The zero-order valence-corrected chi connectivity index (χ0v) is 14.3. The van der Waals surface area contributed by atoms with Crippen LogP contribution in [0.15, 0.2) is 23.3 Å². The predicted octanol–water partition coefficient (Wildman–Crippen LogP) is 3.62. The molecule has 0 aromatic rings. The molecule has 0 aromatic heterocycles. The highest BCUT2D eigenvalue weighted by Gasteiger charge is 2.04. The molecule has 0 aliphatic carbocycles. The Morgan fingerprint density at radius 2 is 1.43 bits per heavy atom. The van der Waals surface area contributed by atoms with E-state index in [1.165, 1.54) is 0 Å². The van der Waals surface area contributed by atoms with Crippen molar-refractivity contribution in [2.75, 3.05) is 13.2 Å². The minimum Gasteiger partial charge on any atom is -0.478 e. The second kappa shape index (κ2) is 14.0. The van der Waals surface area contributed by atoms with Crippen molar-refractivity contribution in [2.24, 2.45) is 0 Å². The van der Waals surface area contributed by atoms with Crippen LogP contribution in [0.4, 0.5) is 0 Å². The maximum absolute atomic E-state index is 11.7. The summed E-state index contributed by atoms with van der Waals surface area (Å²) in [5.74, 6) is -1.13. The van der Waals surface area contributed by atoms with Crippen molar-refractivity contribution in [3.63, 3.8) is 0 Å². The van der Waals surface area contributed by atoms with E-state index in [-0.39, 0.29) is 12.6 Å². The molecule has 0 spiro atoms. The molecule has 0 amide bonds. The van der Waals surface area contributed by atoms with Gasteiger partial charge in [0.1, 0.15) is 0 Å². The summed E-state index contributed by atoms with van der Waals surface area (Å²) in [6.07, 6.45) is 10.5. The minimum atomic E-state index is -0.864. The van der Waals surface area contributed by atoms with Gasteiger partial charge in [-0.3, -0.25) is 0 Å². The quantitative estimate of drug-likeness (QED) is 0.307. The Morgan fingerprint density at radius 1 is 0.870 bits per heavy atom. The molecule has 0 rings (SSSR count). The molecule has 0 unspecified atom stereocenters. The normalized spacial score (nSPS) is 12.3. The molecule has 0 saturated carbocycles. The average molecular weight is 326 g/mol. The molecular weight excluding hydrogens is 296 g/mol. The van der Waals surface area contributed by atoms with E-state index in [9.17, 15) is 9.59 Å². The van der Waals surface area contributed by atoms with Crippen LogP contribution in [-0.2, 0) is 14.3 Å². The molecule has 23 heavy (non-hydrogen) atoms. The highest BCUT2D eigenvalue weighted by atomic mass is 16.5. The second-order valence-electron chi connectivity index (χ2n) is 5.64.